The maximum atomic E-state index is 12.6. The summed E-state index contributed by atoms with van der Waals surface area (Å²) in [5.41, 5.74) is 4.57. The topological polar surface area (TPSA) is 96.2 Å². The van der Waals surface area contributed by atoms with Crippen LogP contribution in [-0.2, 0) is 13.0 Å². The van der Waals surface area contributed by atoms with Crippen LogP contribution in [0.3, 0.4) is 0 Å². The quantitative estimate of drug-likeness (QED) is 0.326. The van der Waals surface area contributed by atoms with E-state index in [-0.39, 0.29) is 5.91 Å². The van der Waals surface area contributed by atoms with Crippen molar-refractivity contribution >= 4 is 34.2 Å². The molecule has 1 aliphatic rings. The third kappa shape index (κ3) is 5.71. The summed E-state index contributed by atoms with van der Waals surface area (Å²) < 4.78 is 16.5. The predicted octanol–water partition coefficient (Wildman–Crippen LogP) is 5.32. The molecule has 4 rings (SSSR count). The first-order chi connectivity index (χ1) is 18.5. The molecule has 3 aromatic carbocycles. The molecule has 1 amide bonds. The standard InChI is InChI=1S/C29H30N4O4S/c1-35-25-15-19(16-26(36-2)27(25)37-3)18-33-14-8-11-21-22(17-30)23(12-13-24(21)33)31-29(38-4)32-28(34)20-9-6-5-7-10-20/h5-7,9-10,12-13,15-16H,8,11,14,18H2,1-4H3,(H,31,32,34). The van der Waals surface area contributed by atoms with Gasteiger partial charge in [-0.25, -0.2) is 4.99 Å². The Balaban J connectivity index is 1.64. The van der Waals surface area contributed by atoms with E-state index in [1.54, 1.807) is 33.5 Å². The second kappa shape index (κ2) is 12.4. The fourth-order valence-corrected chi connectivity index (χ4v) is 4.95. The van der Waals surface area contributed by atoms with Crippen molar-refractivity contribution in [1.29, 1.82) is 5.26 Å². The van der Waals surface area contributed by atoms with Crippen molar-refractivity contribution in [2.24, 2.45) is 4.99 Å². The van der Waals surface area contributed by atoms with Gasteiger partial charge in [0, 0.05) is 24.3 Å². The summed E-state index contributed by atoms with van der Waals surface area (Å²) in [6.07, 6.45) is 3.52. The molecule has 1 aliphatic heterocycles. The predicted molar refractivity (Wildman–Crippen MR) is 151 cm³/mol. The molecule has 0 fully saturated rings. The number of fused-ring (bicyclic) bond motifs is 1. The van der Waals surface area contributed by atoms with Gasteiger partial charge in [-0.1, -0.05) is 30.0 Å². The van der Waals surface area contributed by atoms with E-state index in [2.05, 4.69) is 21.3 Å². The van der Waals surface area contributed by atoms with Crippen molar-refractivity contribution in [2.45, 2.75) is 19.4 Å². The van der Waals surface area contributed by atoms with Crippen molar-refractivity contribution < 1.29 is 19.0 Å². The number of benzene rings is 3. The van der Waals surface area contributed by atoms with E-state index >= 15 is 0 Å². The maximum absolute atomic E-state index is 12.6. The lowest BCUT2D eigenvalue weighted by atomic mass is 9.95. The Kier molecular flexibility index (Phi) is 8.77. The molecule has 3 aromatic rings. The molecule has 8 nitrogen and oxygen atoms in total. The van der Waals surface area contributed by atoms with E-state index in [4.69, 9.17) is 14.2 Å². The first kappa shape index (κ1) is 26.9. The summed E-state index contributed by atoms with van der Waals surface area (Å²) in [4.78, 5) is 19.5. The number of anilines is 1. The smallest absolute Gasteiger partial charge is 0.257 e. The van der Waals surface area contributed by atoms with E-state index in [1.165, 1.54) is 11.8 Å². The van der Waals surface area contributed by atoms with Gasteiger partial charge >= 0.3 is 0 Å². The number of hydrogen-bond donors (Lipinski definition) is 1. The monoisotopic (exact) mass is 530 g/mol. The first-order valence-corrected chi connectivity index (χ1v) is 13.3. The number of nitrogens with zero attached hydrogens (tertiary/aromatic N) is 3. The normalized spacial score (nSPS) is 12.8. The van der Waals surface area contributed by atoms with Gasteiger partial charge in [-0.2, -0.15) is 5.26 Å². The lowest BCUT2D eigenvalue weighted by Gasteiger charge is -2.32. The highest BCUT2D eigenvalue weighted by atomic mass is 32.2. The van der Waals surface area contributed by atoms with Gasteiger partial charge in [-0.05, 0) is 66.6 Å². The number of carbonyl (C=O) groups is 1. The highest BCUT2D eigenvalue weighted by molar-refractivity contribution is 8.13. The molecule has 0 aliphatic carbocycles. The lowest BCUT2D eigenvalue weighted by Crippen LogP contribution is -2.29. The van der Waals surface area contributed by atoms with Gasteiger partial charge in [0.2, 0.25) is 5.75 Å². The number of ether oxygens (including phenoxy) is 3. The molecular formula is C29H30N4O4S. The Morgan fingerprint density at radius 2 is 1.79 bits per heavy atom. The van der Waals surface area contributed by atoms with Crippen LogP contribution in [0.25, 0.3) is 0 Å². The number of aliphatic imine (C=N–C) groups is 1. The Labute approximate surface area is 227 Å². The molecule has 0 saturated heterocycles. The number of rotatable bonds is 7. The molecule has 38 heavy (non-hydrogen) atoms. The van der Waals surface area contributed by atoms with Crippen LogP contribution in [0.15, 0.2) is 59.6 Å². The first-order valence-electron chi connectivity index (χ1n) is 12.1. The van der Waals surface area contributed by atoms with Crippen molar-refractivity contribution in [1.82, 2.24) is 5.32 Å². The van der Waals surface area contributed by atoms with Gasteiger partial charge in [-0.3, -0.25) is 4.79 Å². The minimum atomic E-state index is -0.244. The second-order valence-electron chi connectivity index (χ2n) is 8.57. The van der Waals surface area contributed by atoms with Crippen LogP contribution < -0.4 is 24.4 Å². The van der Waals surface area contributed by atoms with Crippen molar-refractivity contribution in [3.05, 3.63) is 76.9 Å². The third-order valence-electron chi connectivity index (χ3n) is 6.34. The average Bonchev–Trinajstić information content (AvgIpc) is 2.96. The Morgan fingerprint density at radius 1 is 1.08 bits per heavy atom. The van der Waals surface area contributed by atoms with Crippen LogP contribution >= 0.6 is 11.8 Å². The summed E-state index contributed by atoms with van der Waals surface area (Å²) >= 11 is 1.32. The Bertz CT molecular complexity index is 1360. The van der Waals surface area contributed by atoms with Crippen LogP contribution in [0, 0.1) is 11.3 Å². The SMILES string of the molecule is COc1cc(CN2CCCc3c2ccc(N=C(NC(=O)c2ccccc2)SC)c3C#N)cc(OC)c1OC. The summed E-state index contributed by atoms with van der Waals surface area (Å²) in [6, 6.07) is 19.1. The molecule has 0 bridgehead atoms. The number of nitriles is 1. The number of carbonyl (C=O) groups excluding carboxylic acids is 1. The number of nitrogens with one attached hydrogen (secondary N) is 1. The van der Waals surface area contributed by atoms with Crippen molar-refractivity contribution in [2.75, 3.05) is 39.0 Å². The molecule has 0 unspecified atom stereocenters. The highest BCUT2D eigenvalue weighted by Crippen LogP contribution is 2.40. The molecule has 9 heteroatoms. The highest BCUT2D eigenvalue weighted by Gasteiger charge is 2.23. The second-order valence-corrected chi connectivity index (χ2v) is 9.36. The van der Waals surface area contributed by atoms with Gasteiger partial charge < -0.3 is 24.4 Å². The summed E-state index contributed by atoms with van der Waals surface area (Å²) in [5.74, 6) is 1.51. The Hall–Kier alpha value is -4.16. The van der Waals surface area contributed by atoms with E-state index in [0.717, 1.165) is 36.2 Å². The van der Waals surface area contributed by atoms with Crippen LogP contribution in [-0.4, -0.2) is 45.2 Å². The zero-order valence-corrected chi connectivity index (χ0v) is 22.7. The molecule has 1 N–H and O–H groups in total. The number of hydrogen-bond acceptors (Lipinski definition) is 8. The van der Waals surface area contributed by atoms with Gasteiger partial charge in [-0.15, -0.1) is 0 Å². The fourth-order valence-electron chi connectivity index (χ4n) is 4.56. The maximum Gasteiger partial charge on any atom is 0.257 e. The average molecular weight is 531 g/mol. The van der Waals surface area contributed by atoms with Gasteiger partial charge in [0.05, 0.1) is 32.6 Å². The molecular weight excluding hydrogens is 500 g/mol. The van der Waals surface area contributed by atoms with E-state index in [9.17, 15) is 10.1 Å². The zero-order valence-electron chi connectivity index (χ0n) is 21.9. The van der Waals surface area contributed by atoms with Gasteiger partial charge in [0.15, 0.2) is 16.7 Å². The summed E-state index contributed by atoms with van der Waals surface area (Å²) in [7, 11) is 4.78. The summed E-state index contributed by atoms with van der Waals surface area (Å²) in [6.45, 7) is 1.46. The largest absolute Gasteiger partial charge is 0.493 e. The van der Waals surface area contributed by atoms with E-state index < -0.39 is 0 Å². The van der Waals surface area contributed by atoms with Gasteiger partial charge in [0.25, 0.3) is 5.91 Å². The zero-order chi connectivity index (χ0) is 27.1. The van der Waals surface area contributed by atoms with Crippen molar-refractivity contribution in [3.8, 4) is 23.3 Å². The van der Waals surface area contributed by atoms with Crippen LogP contribution in [0.2, 0.25) is 0 Å². The molecule has 1 heterocycles. The molecule has 0 atom stereocenters. The van der Waals surface area contributed by atoms with Crippen LogP contribution in [0.1, 0.15) is 33.5 Å². The van der Waals surface area contributed by atoms with E-state index in [1.807, 2.05) is 48.7 Å². The number of methoxy groups -OCH3 is 3. The number of thioether (sulfide) groups is 1. The van der Waals surface area contributed by atoms with Gasteiger partial charge in [0.1, 0.15) is 6.07 Å². The Morgan fingerprint density at radius 3 is 2.39 bits per heavy atom. The number of amides is 1. The van der Waals surface area contributed by atoms with Crippen LogP contribution in [0.5, 0.6) is 17.2 Å². The van der Waals surface area contributed by atoms with Crippen molar-refractivity contribution in [3.63, 3.8) is 0 Å². The molecule has 0 spiro atoms. The minimum absolute atomic E-state index is 0.244. The molecule has 0 radical (unpaired) electrons. The number of amidine groups is 1. The fraction of sp³-hybridized carbons (Fsp3) is 0.276. The van der Waals surface area contributed by atoms with Crippen LogP contribution in [0.4, 0.5) is 11.4 Å². The summed E-state index contributed by atoms with van der Waals surface area (Å²) in [5, 5.41) is 13.4. The molecule has 0 saturated carbocycles. The van der Waals surface area contributed by atoms with E-state index in [0.29, 0.717) is 45.8 Å². The third-order valence-corrected chi connectivity index (χ3v) is 6.92. The minimum Gasteiger partial charge on any atom is -0.493 e. The lowest BCUT2D eigenvalue weighted by molar-refractivity contribution is 0.0978. The molecule has 0 aromatic heterocycles. The molecule has 196 valence electrons.